The quantitative estimate of drug-likeness (QED) is 0.641. The maximum absolute atomic E-state index is 11.5. The number of carbonyl (C=O) groups excluding carboxylic acids is 1. The summed E-state index contributed by atoms with van der Waals surface area (Å²) in [7, 11) is 1.27. The number of nitrogens with zero attached hydrogens (tertiary/aromatic N) is 2. The number of esters is 1. The summed E-state index contributed by atoms with van der Waals surface area (Å²) in [6.45, 7) is 1.72. The molecule has 20 heavy (non-hydrogen) atoms. The fraction of sp³-hybridized carbons (Fsp3) is 0.167. The van der Waals surface area contributed by atoms with Gasteiger partial charge in [0, 0.05) is 11.8 Å². The third kappa shape index (κ3) is 3.15. The van der Waals surface area contributed by atoms with Crippen LogP contribution < -0.4 is 11.3 Å². The van der Waals surface area contributed by atoms with E-state index in [4.69, 9.17) is 5.73 Å². The first kappa shape index (κ1) is 14.1. The minimum atomic E-state index is -0.544. The first-order chi connectivity index (χ1) is 9.49. The summed E-state index contributed by atoms with van der Waals surface area (Å²) in [5.74, 6) is -0.544. The van der Waals surface area contributed by atoms with Crippen LogP contribution in [0.3, 0.4) is 0 Å². The lowest BCUT2D eigenvalue weighted by molar-refractivity contribution is 0.0601. The highest BCUT2D eigenvalue weighted by Gasteiger charge is 2.13. The van der Waals surface area contributed by atoms with Crippen LogP contribution in [0.4, 0.5) is 5.69 Å². The number of methoxy groups -OCH3 is 1. The third-order valence-electron chi connectivity index (χ3n) is 2.36. The Bertz CT molecular complexity index is 714. The smallest absolute Gasteiger partial charge is 0.340 e. The summed E-state index contributed by atoms with van der Waals surface area (Å²) in [5.41, 5.74) is 6.46. The van der Waals surface area contributed by atoms with Crippen molar-refractivity contribution >= 4 is 23.4 Å². The van der Waals surface area contributed by atoms with Gasteiger partial charge in [-0.1, -0.05) is 0 Å². The summed E-state index contributed by atoms with van der Waals surface area (Å²) in [6, 6.07) is 2.88. The van der Waals surface area contributed by atoms with Gasteiger partial charge in [-0.3, -0.25) is 4.79 Å². The molecule has 0 fully saturated rings. The zero-order valence-corrected chi connectivity index (χ0v) is 11.7. The van der Waals surface area contributed by atoms with Crippen molar-refractivity contribution in [3.63, 3.8) is 0 Å². The van der Waals surface area contributed by atoms with Crippen molar-refractivity contribution in [2.45, 2.75) is 17.1 Å². The van der Waals surface area contributed by atoms with Crippen molar-refractivity contribution in [2.24, 2.45) is 0 Å². The number of nitrogen functional groups attached to an aromatic ring is 1. The molecule has 0 radical (unpaired) electrons. The van der Waals surface area contributed by atoms with Gasteiger partial charge in [0.15, 0.2) is 5.16 Å². The van der Waals surface area contributed by atoms with Crippen molar-refractivity contribution in [1.82, 2.24) is 15.0 Å². The summed E-state index contributed by atoms with van der Waals surface area (Å²) >= 11 is 1.13. The molecule has 104 valence electrons. The number of hydrogen-bond donors (Lipinski definition) is 2. The Morgan fingerprint density at radius 2 is 2.20 bits per heavy atom. The Labute approximate surface area is 118 Å². The first-order valence-electron chi connectivity index (χ1n) is 5.59. The maximum Gasteiger partial charge on any atom is 0.340 e. The molecule has 0 saturated carbocycles. The van der Waals surface area contributed by atoms with Crippen molar-refractivity contribution < 1.29 is 9.53 Å². The lowest BCUT2D eigenvalue weighted by Crippen LogP contribution is -2.09. The van der Waals surface area contributed by atoms with Crippen molar-refractivity contribution in [2.75, 3.05) is 12.8 Å². The van der Waals surface area contributed by atoms with Gasteiger partial charge in [0.05, 0.1) is 24.6 Å². The van der Waals surface area contributed by atoms with Crippen LogP contribution in [0.1, 0.15) is 16.1 Å². The standard InChI is InChI=1S/C12H12N4O3S/c1-6-3-9(17)16-12(15-6)20-10-4-7(11(18)19-2)8(13)5-14-10/h3-5H,13H2,1-2H3,(H,15,16,17). The van der Waals surface area contributed by atoms with Gasteiger partial charge >= 0.3 is 5.97 Å². The topological polar surface area (TPSA) is 111 Å². The van der Waals surface area contributed by atoms with Gasteiger partial charge in [0.1, 0.15) is 5.03 Å². The molecule has 3 N–H and O–H groups in total. The Hall–Kier alpha value is -2.35. The number of anilines is 1. The van der Waals surface area contributed by atoms with Gasteiger partial charge in [0.2, 0.25) is 0 Å². The highest BCUT2D eigenvalue weighted by atomic mass is 32.2. The number of carbonyl (C=O) groups is 1. The number of nitrogens with one attached hydrogen (secondary N) is 1. The minimum Gasteiger partial charge on any atom is -0.465 e. The number of H-pyrrole nitrogens is 1. The number of rotatable bonds is 3. The minimum absolute atomic E-state index is 0.222. The zero-order valence-electron chi connectivity index (χ0n) is 10.8. The highest BCUT2D eigenvalue weighted by Crippen LogP contribution is 2.25. The van der Waals surface area contributed by atoms with Gasteiger partial charge < -0.3 is 15.5 Å². The molecule has 8 heteroatoms. The molecule has 0 aliphatic carbocycles. The normalized spacial score (nSPS) is 10.3. The molecule has 0 atom stereocenters. The van der Waals surface area contributed by atoms with E-state index in [-0.39, 0.29) is 16.8 Å². The monoisotopic (exact) mass is 292 g/mol. The largest absolute Gasteiger partial charge is 0.465 e. The van der Waals surface area contributed by atoms with E-state index in [9.17, 15) is 9.59 Å². The Morgan fingerprint density at radius 1 is 1.45 bits per heavy atom. The summed E-state index contributed by atoms with van der Waals surface area (Å²) < 4.78 is 4.63. The molecule has 0 bridgehead atoms. The first-order valence-corrected chi connectivity index (χ1v) is 6.41. The second-order valence-electron chi connectivity index (χ2n) is 3.90. The van der Waals surface area contributed by atoms with Crippen molar-refractivity contribution in [1.29, 1.82) is 0 Å². The Balaban J connectivity index is 2.34. The van der Waals surface area contributed by atoms with Gasteiger partial charge in [-0.2, -0.15) is 0 Å². The lowest BCUT2D eigenvalue weighted by Gasteiger charge is -2.06. The van der Waals surface area contributed by atoms with Gasteiger partial charge in [-0.15, -0.1) is 0 Å². The van der Waals surface area contributed by atoms with E-state index < -0.39 is 5.97 Å². The number of pyridine rings is 1. The predicted molar refractivity (Wildman–Crippen MR) is 73.7 cm³/mol. The number of aryl methyl sites for hydroxylation is 1. The van der Waals surface area contributed by atoms with E-state index in [0.717, 1.165) is 11.8 Å². The van der Waals surface area contributed by atoms with Crippen LogP contribution in [0.5, 0.6) is 0 Å². The Kier molecular flexibility index (Phi) is 4.04. The molecule has 2 aromatic rings. The van der Waals surface area contributed by atoms with E-state index in [1.54, 1.807) is 6.92 Å². The van der Waals surface area contributed by atoms with Gasteiger partial charge in [-0.25, -0.2) is 14.8 Å². The summed E-state index contributed by atoms with van der Waals surface area (Å²) in [4.78, 5) is 33.7. The number of aromatic nitrogens is 3. The SMILES string of the molecule is COC(=O)c1cc(Sc2nc(C)cc(=O)[nH]2)ncc1N. The Morgan fingerprint density at radius 3 is 2.85 bits per heavy atom. The molecule has 2 heterocycles. The van der Waals surface area contributed by atoms with Crippen LogP contribution in [0, 0.1) is 6.92 Å². The second kappa shape index (κ2) is 5.74. The number of ether oxygens (including phenoxy) is 1. The third-order valence-corrected chi connectivity index (χ3v) is 3.18. The molecule has 2 aromatic heterocycles. The van der Waals surface area contributed by atoms with E-state index in [2.05, 4.69) is 19.7 Å². The average molecular weight is 292 g/mol. The molecule has 0 aliphatic rings. The molecule has 0 aliphatic heterocycles. The maximum atomic E-state index is 11.5. The van der Waals surface area contributed by atoms with Crippen molar-refractivity contribution in [3.8, 4) is 0 Å². The molecule has 0 amide bonds. The molecule has 0 saturated heterocycles. The molecule has 0 spiro atoms. The fourth-order valence-corrected chi connectivity index (χ4v) is 2.31. The lowest BCUT2D eigenvalue weighted by atomic mass is 10.2. The average Bonchev–Trinajstić information content (AvgIpc) is 2.39. The second-order valence-corrected chi connectivity index (χ2v) is 4.90. The van der Waals surface area contributed by atoms with Crippen LogP contribution in [0.2, 0.25) is 0 Å². The van der Waals surface area contributed by atoms with Gasteiger partial charge in [0.25, 0.3) is 5.56 Å². The fourth-order valence-electron chi connectivity index (χ4n) is 1.49. The van der Waals surface area contributed by atoms with Crippen LogP contribution in [-0.4, -0.2) is 28.0 Å². The van der Waals surface area contributed by atoms with Gasteiger partial charge in [-0.05, 0) is 24.8 Å². The van der Waals surface area contributed by atoms with Crippen LogP contribution in [-0.2, 0) is 4.74 Å². The van der Waals surface area contributed by atoms with Crippen LogP contribution in [0.25, 0.3) is 0 Å². The summed E-state index contributed by atoms with van der Waals surface area (Å²) in [6.07, 6.45) is 1.36. The summed E-state index contributed by atoms with van der Waals surface area (Å²) in [5, 5.41) is 0.872. The molecular formula is C12H12N4O3S. The number of aromatic amines is 1. The molecular weight excluding hydrogens is 280 g/mol. The van der Waals surface area contributed by atoms with E-state index in [1.165, 1.54) is 25.4 Å². The van der Waals surface area contributed by atoms with E-state index in [1.807, 2.05) is 0 Å². The number of hydrogen-bond acceptors (Lipinski definition) is 7. The molecule has 0 unspecified atom stereocenters. The van der Waals surface area contributed by atoms with Crippen LogP contribution in [0.15, 0.2) is 33.3 Å². The molecule has 2 rings (SSSR count). The zero-order chi connectivity index (χ0) is 14.7. The van der Waals surface area contributed by atoms with E-state index >= 15 is 0 Å². The molecule has 7 nitrogen and oxygen atoms in total. The van der Waals surface area contributed by atoms with Crippen molar-refractivity contribution in [3.05, 3.63) is 39.9 Å². The van der Waals surface area contributed by atoms with E-state index in [0.29, 0.717) is 15.9 Å². The molecule has 0 aromatic carbocycles. The predicted octanol–water partition coefficient (Wildman–Crippen LogP) is 0.993. The highest BCUT2D eigenvalue weighted by molar-refractivity contribution is 7.99. The number of nitrogens with two attached hydrogens (primary N) is 1. The van der Waals surface area contributed by atoms with Crippen LogP contribution >= 0.6 is 11.8 Å².